The summed E-state index contributed by atoms with van der Waals surface area (Å²) >= 11 is 6.29. The molecule has 0 amide bonds. The van der Waals surface area contributed by atoms with Gasteiger partial charge in [0.15, 0.2) is 8.32 Å². The maximum absolute atomic E-state index is 11.6. The lowest BCUT2D eigenvalue weighted by atomic mass is 10.1. The number of hydrogen-bond acceptors (Lipinski definition) is 5. The Labute approximate surface area is 218 Å². The van der Waals surface area contributed by atoms with Crippen molar-refractivity contribution >= 4 is 31.6 Å². The van der Waals surface area contributed by atoms with E-state index in [2.05, 4.69) is 57.5 Å². The van der Waals surface area contributed by atoms with E-state index in [1.807, 2.05) is 49.4 Å². The Kier molecular flexibility index (Phi) is 11.3. The van der Waals surface area contributed by atoms with Gasteiger partial charge < -0.3 is 19.8 Å². The van der Waals surface area contributed by atoms with Gasteiger partial charge in [-0.1, -0.05) is 63.6 Å². The Hall–Kier alpha value is -1.86. The van der Waals surface area contributed by atoms with E-state index in [1.165, 1.54) is 0 Å². The zero-order valence-electron chi connectivity index (χ0n) is 22.4. The van der Waals surface area contributed by atoms with Crippen molar-refractivity contribution in [2.45, 2.75) is 65.3 Å². The molecular weight excluding hydrogens is 476 g/mol. The molecule has 0 saturated heterocycles. The second-order valence-corrected chi connectivity index (χ2v) is 15.9. The van der Waals surface area contributed by atoms with Crippen molar-refractivity contribution in [1.82, 2.24) is 5.32 Å². The van der Waals surface area contributed by atoms with Crippen molar-refractivity contribution in [3.05, 3.63) is 64.7 Å². The highest BCUT2D eigenvalue weighted by molar-refractivity contribution is 6.74. The molecule has 2 rings (SSSR count). The van der Waals surface area contributed by atoms with Crippen LogP contribution in [0.4, 0.5) is 5.69 Å². The smallest absolute Gasteiger partial charge is 0.310 e. The summed E-state index contributed by atoms with van der Waals surface area (Å²) < 4.78 is 11.8. The molecule has 0 saturated carbocycles. The number of halogens is 1. The van der Waals surface area contributed by atoms with Crippen molar-refractivity contribution in [2.24, 2.45) is 5.92 Å². The van der Waals surface area contributed by atoms with Gasteiger partial charge in [0.25, 0.3) is 0 Å². The number of benzene rings is 2. The number of carbonyl (C=O) groups is 1. The van der Waals surface area contributed by atoms with E-state index < -0.39 is 8.32 Å². The monoisotopic (exact) mass is 518 g/mol. The lowest BCUT2D eigenvalue weighted by molar-refractivity contribution is -0.142. The predicted octanol–water partition coefficient (Wildman–Crippen LogP) is 6.85. The van der Waals surface area contributed by atoms with Gasteiger partial charge in [-0.25, -0.2) is 0 Å². The van der Waals surface area contributed by atoms with Crippen molar-refractivity contribution in [1.29, 1.82) is 0 Å². The zero-order chi connectivity index (χ0) is 26.1. The molecule has 2 aromatic rings. The lowest BCUT2D eigenvalue weighted by Crippen LogP contribution is -2.44. The molecule has 0 aliphatic rings. The number of carbonyl (C=O) groups excluding carboxylic acids is 1. The number of esters is 1. The molecule has 0 radical (unpaired) electrons. The fourth-order valence-corrected chi connectivity index (χ4v) is 4.89. The molecule has 2 atom stereocenters. The normalized spacial score (nSPS) is 13.8. The first-order valence-corrected chi connectivity index (χ1v) is 15.8. The van der Waals surface area contributed by atoms with Crippen LogP contribution in [0.1, 0.15) is 51.8 Å². The van der Waals surface area contributed by atoms with Crippen LogP contribution in [0, 0.1) is 5.92 Å². The third-order valence-corrected chi connectivity index (χ3v) is 11.3. The van der Waals surface area contributed by atoms with Crippen LogP contribution in [-0.2, 0) is 20.4 Å². The van der Waals surface area contributed by atoms with E-state index >= 15 is 0 Å². The van der Waals surface area contributed by atoms with E-state index in [-0.39, 0.29) is 17.1 Å². The second kappa shape index (κ2) is 13.4. The second-order valence-electron chi connectivity index (χ2n) is 10.7. The molecule has 2 aromatic carbocycles. The zero-order valence-corrected chi connectivity index (χ0v) is 24.2. The Morgan fingerprint density at radius 3 is 2.34 bits per heavy atom. The van der Waals surface area contributed by atoms with Crippen LogP contribution in [0.2, 0.25) is 23.2 Å². The molecule has 0 heterocycles. The molecule has 35 heavy (non-hydrogen) atoms. The van der Waals surface area contributed by atoms with E-state index in [1.54, 1.807) is 0 Å². The minimum Gasteiger partial charge on any atom is -0.466 e. The maximum Gasteiger partial charge on any atom is 0.310 e. The Bertz CT molecular complexity index is 929. The number of anilines is 1. The molecule has 5 nitrogen and oxygen atoms in total. The molecule has 0 aliphatic heterocycles. The van der Waals surface area contributed by atoms with Crippen molar-refractivity contribution in [3.8, 4) is 0 Å². The molecule has 0 spiro atoms. The maximum atomic E-state index is 11.6. The summed E-state index contributed by atoms with van der Waals surface area (Å²) in [6, 6.07) is 16.0. The average Bonchev–Trinajstić information content (AvgIpc) is 2.77. The summed E-state index contributed by atoms with van der Waals surface area (Å²) in [5.41, 5.74) is 3.11. The molecular formula is C28H43ClN2O3Si. The van der Waals surface area contributed by atoms with Crippen LogP contribution >= 0.6 is 11.6 Å². The van der Waals surface area contributed by atoms with Gasteiger partial charge in [0.2, 0.25) is 0 Å². The van der Waals surface area contributed by atoms with Gasteiger partial charge >= 0.3 is 5.97 Å². The number of nitrogens with one attached hydrogen (secondary N) is 2. The van der Waals surface area contributed by atoms with Gasteiger partial charge in [0.1, 0.15) is 0 Å². The third kappa shape index (κ3) is 9.96. The Morgan fingerprint density at radius 1 is 1.06 bits per heavy atom. The van der Waals surface area contributed by atoms with Crippen molar-refractivity contribution < 1.29 is 14.0 Å². The largest absolute Gasteiger partial charge is 0.466 e. The van der Waals surface area contributed by atoms with Crippen LogP contribution in [0.15, 0.2) is 48.5 Å². The standard InChI is InChI=1S/C28H43ClN2O3Si/c1-8-33-27(32)16-22-12-14-25(15-13-22)31-19-21(2)18-30-20-26(23-10-9-11-24(29)17-23)34-35(6,7)28(3,4)5/h9-15,17,21,26,30-31H,8,16,18-20H2,1-7H3/t21?,26-/m0/s1. The topological polar surface area (TPSA) is 59.6 Å². The number of hydrogen-bond donors (Lipinski definition) is 2. The van der Waals surface area contributed by atoms with Crippen LogP contribution in [0.25, 0.3) is 0 Å². The molecule has 194 valence electrons. The average molecular weight is 519 g/mol. The van der Waals surface area contributed by atoms with E-state index in [0.717, 1.165) is 41.5 Å². The predicted molar refractivity (Wildman–Crippen MR) is 150 cm³/mol. The highest BCUT2D eigenvalue weighted by Gasteiger charge is 2.39. The summed E-state index contributed by atoms with van der Waals surface area (Å²) in [5.74, 6) is 0.226. The molecule has 0 aromatic heterocycles. The van der Waals surface area contributed by atoms with E-state index in [0.29, 0.717) is 18.9 Å². The van der Waals surface area contributed by atoms with Gasteiger partial charge in [-0.3, -0.25) is 4.79 Å². The molecule has 0 bridgehead atoms. The van der Waals surface area contributed by atoms with Crippen molar-refractivity contribution in [2.75, 3.05) is 31.6 Å². The van der Waals surface area contributed by atoms with Gasteiger partial charge in [-0.05, 0) is 72.9 Å². The summed E-state index contributed by atoms with van der Waals surface area (Å²) in [4.78, 5) is 11.6. The number of ether oxygens (including phenoxy) is 1. The van der Waals surface area contributed by atoms with Crippen molar-refractivity contribution in [3.63, 3.8) is 0 Å². The molecule has 0 aliphatic carbocycles. The first kappa shape index (κ1) is 29.4. The minimum atomic E-state index is -1.95. The SMILES string of the molecule is CCOC(=O)Cc1ccc(NCC(C)CNC[C@H](O[Si](C)(C)C(C)(C)C)c2cccc(Cl)c2)cc1. The first-order chi connectivity index (χ1) is 16.4. The molecule has 0 fully saturated rings. The van der Waals surface area contributed by atoms with E-state index in [9.17, 15) is 4.79 Å². The molecule has 7 heteroatoms. The first-order valence-electron chi connectivity index (χ1n) is 12.5. The van der Waals surface area contributed by atoms with Gasteiger partial charge in [-0.2, -0.15) is 0 Å². The van der Waals surface area contributed by atoms with Crippen LogP contribution in [-0.4, -0.2) is 40.5 Å². The van der Waals surface area contributed by atoms with E-state index in [4.69, 9.17) is 20.8 Å². The minimum absolute atomic E-state index is 0.0401. The molecule has 2 N–H and O–H groups in total. The molecule has 1 unspecified atom stereocenters. The highest BCUT2D eigenvalue weighted by atomic mass is 35.5. The summed E-state index contributed by atoms with van der Waals surface area (Å²) in [5, 5.41) is 7.97. The van der Waals surface area contributed by atoms with Gasteiger partial charge in [-0.15, -0.1) is 0 Å². The van der Waals surface area contributed by atoms with Gasteiger partial charge in [0, 0.05) is 23.8 Å². The summed E-state index contributed by atoms with van der Waals surface area (Å²) in [7, 11) is -1.95. The fraction of sp³-hybridized carbons (Fsp3) is 0.536. The number of rotatable bonds is 13. The fourth-order valence-electron chi connectivity index (χ4n) is 3.41. The Balaban J connectivity index is 1.88. The third-order valence-electron chi connectivity index (χ3n) is 6.55. The summed E-state index contributed by atoms with van der Waals surface area (Å²) in [6.07, 6.45) is 0.265. The van der Waals surface area contributed by atoms with Crippen LogP contribution < -0.4 is 10.6 Å². The van der Waals surface area contributed by atoms with Crippen LogP contribution in [0.3, 0.4) is 0 Å². The van der Waals surface area contributed by atoms with Crippen LogP contribution in [0.5, 0.6) is 0 Å². The highest BCUT2D eigenvalue weighted by Crippen LogP contribution is 2.39. The Morgan fingerprint density at radius 2 is 1.74 bits per heavy atom. The quantitative estimate of drug-likeness (QED) is 0.224. The van der Waals surface area contributed by atoms with Gasteiger partial charge in [0.05, 0.1) is 19.1 Å². The summed E-state index contributed by atoms with van der Waals surface area (Å²) in [6.45, 7) is 18.3. The lowest BCUT2D eigenvalue weighted by Gasteiger charge is -2.39.